The van der Waals surface area contributed by atoms with Gasteiger partial charge in [-0.25, -0.2) is 4.39 Å². The van der Waals surface area contributed by atoms with Crippen molar-refractivity contribution in [3.63, 3.8) is 0 Å². The first-order valence-corrected chi connectivity index (χ1v) is 4.76. The molecule has 0 aliphatic carbocycles. The molecule has 1 fully saturated rings. The van der Waals surface area contributed by atoms with Crippen molar-refractivity contribution in [3.05, 3.63) is 34.1 Å². The number of hydrogen-bond acceptors (Lipinski definition) is 1. The van der Waals surface area contributed by atoms with Crippen LogP contribution in [0.25, 0.3) is 0 Å². The van der Waals surface area contributed by atoms with E-state index in [-0.39, 0.29) is 11.9 Å². The number of benzene rings is 1. The van der Waals surface area contributed by atoms with Crippen LogP contribution in [0.4, 0.5) is 4.39 Å². The second-order valence-electron chi connectivity index (χ2n) is 3.39. The molecule has 1 unspecified atom stereocenters. The number of nitrogens with one attached hydrogen (secondary N) is 1. The van der Waals surface area contributed by atoms with Gasteiger partial charge < -0.3 is 5.32 Å². The lowest BCUT2D eigenvalue weighted by Gasteiger charge is -2.29. The molecule has 1 atom stereocenters. The van der Waals surface area contributed by atoms with Crippen LogP contribution in [0.5, 0.6) is 0 Å². The van der Waals surface area contributed by atoms with Crippen LogP contribution in [0.15, 0.2) is 12.1 Å². The van der Waals surface area contributed by atoms with E-state index in [1.807, 2.05) is 6.92 Å². The average molecular weight is 200 g/mol. The van der Waals surface area contributed by atoms with Crippen LogP contribution in [0.3, 0.4) is 0 Å². The molecule has 1 aliphatic heterocycles. The van der Waals surface area contributed by atoms with Crippen molar-refractivity contribution in [1.82, 2.24) is 5.32 Å². The minimum atomic E-state index is -0.201. The number of halogens is 2. The Hall–Kier alpha value is -0.600. The Morgan fingerprint density at radius 2 is 2.23 bits per heavy atom. The van der Waals surface area contributed by atoms with Crippen molar-refractivity contribution in [1.29, 1.82) is 0 Å². The van der Waals surface area contributed by atoms with E-state index >= 15 is 0 Å². The van der Waals surface area contributed by atoms with Gasteiger partial charge in [0.1, 0.15) is 5.82 Å². The van der Waals surface area contributed by atoms with Gasteiger partial charge in [0.05, 0.1) is 5.02 Å². The van der Waals surface area contributed by atoms with Gasteiger partial charge in [-0.1, -0.05) is 17.7 Å². The average Bonchev–Trinajstić information content (AvgIpc) is 2.02. The Kier molecular flexibility index (Phi) is 2.26. The number of rotatable bonds is 1. The molecule has 0 bridgehead atoms. The molecular weight excluding hydrogens is 189 g/mol. The first kappa shape index (κ1) is 8.97. The Balaban J connectivity index is 2.46. The maximum Gasteiger partial charge on any atom is 0.129 e. The summed E-state index contributed by atoms with van der Waals surface area (Å²) in [6.07, 6.45) is 0.972. The molecule has 0 spiro atoms. The molecule has 70 valence electrons. The van der Waals surface area contributed by atoms with E-state index in [1.54, 1.807) is 6.07 Å². The minimum absolute atomic E-state index is 0.118. The summed E-state index contributed by atoms with van der Waals surface area (Å²) in [5.41, 5.74) is 1.57. The molecule has 0 amide bonds. The molecule has 1 aromatic rings. The Morgan fingerprint density at radius 1 is 1.54 bits per heavy atom. The maximum absolute atomic E-state index is 13.4. The lowest BCUT2D eigenvalue weighted by molar-refractivity contribution is 0.370. The monoisotopic (exact) mass is 199 g/mol. The van der Waals surface area contributed by atoms with Gasteiger partial charge in [0.2, 0.25) is 0 Å². The van der Waals surface area contributed by atoms with Gasteiger partial charge in [-0.05, 0) is 31.5 Å². The second-order valence-corrected chi connectivity index (χ2v) is 3.77. The molecule has 1 N–H and O–H groups in total. The highest BCUT2D eigenvalue weighted by atomic mass is 35.5. The summed E-state index contributed by atoms with van der Waals surface area (Å²) in [6.45, 7) is 2.85. The SMILES string of the molecule is Cc1ccc(F)c(C2CCN2)c1Cl. The zero-order valence-corrected chi connectivity index (χ0v) is 8.16. The third-order valence-corrected chi connectivity index (χ3v) is 2.99. The van der Waals surface area contributed by atoms with Crippen molar-refractivity contribution >= 4 is 11.6 Å². The quantitative estimate of drug-likeness (QED) is 0.734. The molecule has 1 aliphatic rings. The fourth-order valence-electron chi connectivity index (χ4n) is 1.53. The van der Waals surface area contributed by atoms with E-state index in [0.717, 1.165) is 18.5 Å². The molecule has 0 saturated carbocycles. The van der Waals surface area contributed by atoms with E-state index < -0.39 is 0 Å². The van der Waals surface area contributed by atoms with Crippen molar-refractivity contribution in [2.45, 2.75) is 19.4 Å². The Morgan fingerprint density at radius 3 is 2.77 bits per heavy atom. The van der Waals surface area contributed by atoms with Crippen molar-refractivity contribution < 1.29 is 4.39 Å². The van der Waals surface area contributed by atoms with Crippen molar-refractivity contribution in [2.75, 3.05) is 6.54 Å². The van der Waals surface area contributed by atoms with E-state index in [4.69, 9.17) is 11.6 Å². The maximum atomic E-state index is 13.4. The largest absolute Gasteiger partial charge is 0.310 e. The molecule has 13 heavy (non-hydrogen) atoms. The van der Waals surface area contributed by atoms with Gasteiger partial charge in [-0.15, -0.1) is 0 Å². The predicted octanol–water partition coefficient (Wildman–Crippen LogP) is 2.82. The fraction of sp³-hybridized carbons (Fsp3) is 0.400. The molecule has 1 aromatic carbocycles. The van der Waals surface area contributed by atoms with Gasteiger partial charge in [0.25, 0.3) is 0 Å². The molecule has 1 nitrogen and oxygen atoms in total. The van der Waals surface area contributed by atoms with Gasteiger partial charge in [-0.3, -0.25) is 0 Å². The number of hydrogen-bond donors (Lipinski definition) is 1. The second kappa shape index (κ2) is 3.28. The summed E-state index contributed by atoms with van der Waals surface area (Å²) in [5.74, 6) is -0.201. The van der Waals surface area contributed by atoms with E-state index in [9.17, 15) is 4.39 Å². The van der Waals surface area contributed by atoms with Gasteiger partial charge in [-0.2, -0.15) is 0 Å². The van der Waals surface area contributed by atoms with E-state index in [0.29, 0.717) is 10.6 Å². The first-order valence-electron chi connectivity index (χ1n) is 4.38. The molecule has 1 heterocycles. The molecule has 0 radical (unpaired) electrons. The van der Waals surface area contributed by atoms with Crippen LogP contribution in [-0.2, 0) is 0 Å². The topological polar surface area (TPSA) is 12.0 Å². The standard InChI is InChI=1S/C10H11ClFN/c1-6-2-3-7(12)9(10(6)11)8-4-5-13-8/h2-3,8,13H,4-5H2,1H3. The van der Waals surface area contributed by atoms with Crippen LogP contribution in [0, 0.1) is 12.7 Å². The lowest BCUT2D eigenvalue weighted by atomic mass is 9.96. The van der Waals surface area contributed by atoms with Crippen LogP contribution >= 0.6 is 11.6 Å². The van der Waals surface area contributed by atoms with E-state index in [1.165, 1.54) is 6.07 Å². The van der Waals surface area contributed by atoms with Crippen LogP contribution in [-0.4, -0.2) is 6.54 Å². The van der Waals surface area contributed by atoms with Gasteiger partial charge >= 0.3 is 0 Å². The highest BCUT2D eigenvalue weighted by molar-refractivity contribution is 6.32. The Labute approximate surface area is 81.9 Å². The third-order valence-electron chi connectivity index (χ3n) is 2.49. The molecule has 0 aromatic heterocycles. The molecule has 2 rings (SSSR count). The normalized spacial score (nSPS) is 21.3. The predicted molar refractivity (Wildman–Crippen MR) is 51.5 cm³/mol. The Bertz CT molecular complexity index is 334. The zero-order chi connectivity index (χ0) is 9.42. The van der Waals surface area contributed by atoms with Crippen molar-refractivity contribution in [3.8, 4) is 0 Å². The summed E-state index contributed by atoms with van der Waals surface area (Å²) in [6, 6.07) is 3.31. The number of aryl methyl sites for hydroxylation is 1. The minimum Gasteiger partial charge on any atom is -0.310 e. The first-order chi connectivity index (χ1) is 6.20. The van der Waals surface area contributed by atoms with Crippen LogP contribution in [0.1, 0.15) is 23.6 Å². The highest BCUT2D eigenvalue weighted by Gasteiger charge is 2.24. The summed E-state index contributed by atoms with van der Waals surface area (Å²) in [7, 11) is 0. The highest BCUT2D eigenvalue weighted by Crippen LogP contribution is 2.33. The van der Waals surface area contributed by atoms with Gasteiger partial charge in [0, 0.05) is 11.6 Å². The zero-order valence-electron chi connectivity index (χ0n) is 7.40. The molecule has 1 saturated heterocycles. The fourth-order valence-corrected chi connectivity index (χ4v) is 1.82. The summed E-state index contributed by atoms with van der Waals surface area (Å²) in [4.78, 5) is 0. The van der Waals surface area contributed by atoms with Crippen LogP contribution < -0.4 is 5.32 Å². The summed E-state index contributed by atoms with van der Waals surface area (Å²) < 4.78 is 13.4. The molecule has 3 heteroatoms. The van der Waals surface area contributed by atoms with E-state index in [2.05, 4.69) is 5.32 Å². The van der Waals surface area contributed by atoms with Crippen molar-refractivity contribution in [2.24, 2.45) is 0 Å². The summed E-state index contributed by atoms with van der Waals surface area (Å²) >= 11 is 6.03. The lowest BCUT2D eigenvalue weighted by Crippen LogP contribution is -2.35. The molecular formula is C10H11ClFN. The van der Waals surface area contributed by atoms with Crippen LogP contribution in [0.2, 0.25) is 5.02 Å². The summed E-state index contributed by atoms with van der Waals surface area (Å²) in [5, 5.41) is 3.71. The third kappa shape index (κ3) is 1.45. The smallest absolute Gasteiger partial charge is 0.129 e. The van der Waals surface area contributed by atoms with Gasteiger partial charge in [0.15, 0.2) is 0 Å².